The van der Waals surface area contributed by atoms with Gasteiger partial charge in [0.05, 0.1) is 8.91 Å². The summed E-state index contributed by atoms with van der Waals surface area (Å²) in [5.74, 6) is 0.391. The van der Waals surface area contributed by atoms with Crippen molar-refractivity contribution >= 4 is 49.1 Å². The van der Waals surface area contributed by atoms with Crippen LogP contribution in [0.2, 0.25) is 0 Å². The van der Waals surface area contributed by atoms with E-state index in [-0.39, 0.29) is 0 Å². The van der Waals surface area contributed by atoms with Crippen LogP contribution in [0.3, 0.4) is 0 Å². The van der Waals surface area contributed by atoms with Gasteiger partial charge < -0.3 is 5.11 Å². The van der Waals surface area contributed by atoms with E-state index in [0.717, 1.165) is 21.0 Å². The van der Waals surface area contributed by atoms with Gasteiger partial charge >= 0.3 is 0 Å². The van der Waals surface area contributed by atoms with Crippen LogP contribution in [-0.4, -0.2) is 11.4 Å². The minimum atomic E-state index is 0.391. The molecule has 74 valence electrons. The number of phenolic OH excluding ortho intramolecular Hbond substituents is 1. The minimum absolute atomic E-state index is 0.391. The summed E-state index contributed by atoms with van der Waals surface area (Å²) in [6, 6.07) is 6.05. The molecule has 0 radical (unpaired) electrons. The van der Waals surface area contributed by atoms with Crippen molar-refractivity contribution in [1.29, 1.82) is 0 Å². The van der Waals surface area contributed by atoms with E-state index in [0.29, 0.717) is 5.75 Å². The molecule has 0 bridgehead atoms. The lowest BCUT2D eigenvalue weighted by atomic mass is 10.2. The second-order valence-electron chi connectivity index (χ2n) is 2.94. The first-order valence-electron chi connectivity index (χ1n) is 4.10. The summed E-state index contributed by atoms with van der Waals surface area (Å²) in [4.78, 5) is 0. The largest absolute Gasteiger partial charge is 0.506 e. The number of thiophene rings is 1. The lowest BCUT2D eigenvalue weighted by Gasteiger charge is -1.98. The molecule has 4 heteroatoms. The number of fused-ring (bicyclic) bond motifs is 1. The summed E-state index contributed by atoms with van der Waals surface area (Å²) < 4.78 is 2.22. The lowest BCUT2D eigenvalue weighted by molar-refractivity contribution is 0.482. The summed E-state index contributed by atoms with van der Waals surface area (Å²) >= 11 is 6.74. The Bertz CT molecular complexity index is 464. The molecule has 1 nitrogen and oxygen atoms in total. The highest BCUT2D eigenvalue weighted by Gasteiger charge is 2.06. The summed E-state index contributed by atoms with van der Waals surface area (Å²) in [6.07, 6.45) is 2.05. The number of thioether (sulfide) groups is 1. The van der Waals surface area contributed by atoms with E-state index in [2.05, 4.69) is 28.1 Å². The molecular weight excluding hydrogens is 280 g/mol. The van der Waals surface area contributed by atoms with Crippen molar-refractivity contribution in [3.05, 3.63) is 23.8 Å². The Labute approximate surface area is 99.3 Å². The Balaban J connectivity index is 2.67. The van der Waals surface area contributed by atoms with E-state index >= 15 is 0 Å². The van der Waals surface area contributed by atoms with Crippen molar-refractivity contribution < 1.29 is 5.11 Å². The summed E-state index contributed by atoms with van der Waals surface area (Å²) in [5, 5.41) is 11.7. The molecule has 0 unspecified atom stereocenters. The van der Waals surface area contributed by atoms with Crippen LogP contribution in [0.4, 0.5) is 0 Å². The van der Waals surface area contributed by atoms with Crippen molar-refractivity contribution in [2.45, 2.75) is 9.54 Å². The predicted molar refractivity (Wildman–Crippen MR) is 67.9 cm³/mol. The van der Waals surface area contributed by atoms with E-state index in [9.17, 15) is 5.11 Å². The van der Waals surface area contributed by atoms with E-state index in [1.165, 1.54) is 4.21 Å². The highest BCUT2D eigenvalue weighted by Crippen LogP contribution is 2.38. The van der Waals surface area contributed by atoms with Gasteiger partial charge in [-0.05, 0) is 35.4 Å². The molecular formula is C10H9BrOS2. The molecule has 0 spiro atoms. The smallest absolute Gasteiger partial charge is 0.133 e. The molecule has 0 aliphatic carbocycles. The SMILES string of the molecule is CSc1cc2cc(CBr)cc(O)c2s1. The molecule has 14 heavy (non-hydrogen) atoms. The molecule has 1 aromatic carbocycles. The first kappa shape index (κ1) is 10.3. The number of phenols is 1. The predicted octanol–water partition coefficient (Wildman–Crippen LogP) is 4.22. The van der Waals surface area contributed by atoms with Crippen molar-refractivity contribution in [2.24, 2.45) is 0 Å². The normalized spacial score (nSPS) is 11.0. The lowest BCUT2D eigenvalue weighted by Crippen LogP contribution is -1.75. The van der Waals surface area contributed by atoms with Crippen LogP contribution in [0.5, 0.6) is 5.75 Å². The highest BCUT2D eigenvalue weighted by atomic mass is 79.9. The number of hydrogen-bond donors (Lipinski definition) is 1. The topological polar surface area (TPSA) is 20.2 Å². The van der Waals surface area contributed by atoms with Gasteiger partial charge in [-0.1, -0.05) is 15.9 Å². The van der Waals surface area contributed by atoms with Gasteiger partial charge in [0.25, 0.3) is 0 Å². The molecule has 1 aromatic heterocycles. The van der Waals surface area contributed by atoms with Crippen LogP contribution in [0.1, 0.15) is 5.56 Å². The first-order valence-corrected chi connectivity index (χ1v) is 7.26. The molecule has 2 aromatic rings. The second-order valence-corrected chi connectivity index (χ2v) is 5.66. The standard InChI is InChI=1S/C10H9BrOS2/c1-13-9-4-7-2-6(5-11)3-8(12)10(7)14-9/h2-4,12H,5H2,1H3. The van der Waals surface area contributed by atoms with Crippen LogP contribution in [0.25, 0.3) is 10.1 Å². The van der Waals surface area contributed by atoms with Gasteiger partial charge in [-0.3, -0.25) is 0 Å². The van der Waals surface area contributed by atoms with Crippen LogP contribution >= 0.6 is 39.0 Å². The van der Waals surface area contributed by atoms with Gasteiger partial charge in [-0.15, -0.1) is 23.1 Å². The zero-order chi connectivity index (χ0) is 10.1. The Morgan fingerprint density at radius 2 is 2.21 bits per heavy atom. The number of aromatic hydroxyl groups is 1. The molecule has 2 rings (SSSR count). The number of hydrogen-bond acceptors (Lipinski definition) is 3. The summed E-state index contributed by atoms with van der Waals surface area (Å²) in [6.45, 7) is 0. The maximum absolute atomic E-state index is 9.77. The molecule has 1 N–H and O–H groups in total. The van der Waals surface area contributed by atoms with Crippen molar-refractivity contribution in [3.8, 4) is 5.75 Å². The fraction of sp³-hybridized carbons (Fsp3) is 0.200. The third kappa shape index (κ3) is 1.78. The average Bonchev–Trinajstić information content (AvgIpc) is 2.61. The van der Waals surface area contributed by atoms with Crippen molar-refractivity contribution in [3.63, 3.8) is 0 Å². The van der Waals surface area contributed by atoms with Crippen LogP contribution in [0.15, 0.2) is 22.4 Å². The Morgan fingerprint density at radius 1 is 1.43 bits per heavy atom. The highest BCUT2D eigenvalue weighted by molar-refractivity contribution is 9.08. The molecule has 0 saturated carbocycles. The van der Waals surface area contributed by atoms with Gasteiger partial charge in [0.15, 0.2) is 0 Å². The zero-order valence-electron chi connectivity index (χ0n) is 7.58. The van der Waals surface area contributed by atoms with E-state index in [1.807, 2.05) is 12.3 Å². The zero-order valence-corrected chi connectivity index (χ0v) is 10.8. The Hall–Kier alpha value is -0.190. The van der Waals surface area contributed by atoms with Crippen molar-refractivity contribution in [2.75, 3.05) is 6.26 Å². The minimum Gasteiger partial charge on any atom is -0.506 e. The second kappa shape index (κ2) is 4.13. The van der Waals surface area contributed by atoms with E-state index in [1.54, 1.807) is 23.1 Å². The maximum atomic E-state index is 9.77. The quantitative estimate of drug-likeness (QED) is 0.659. The monoisotopic (exact) mass is 288 g/mol. The van der Waals surface area contributed by atoms with Crippen LogP contribution in [0, 0.1) is 0 Å². The number of rotatable bonds is 2. The molecule has 0 amide bonds. The van der Waals surface area contributed by atoms with Gasteiger partial charge in [0.2, 0.25) is 0 Å². The molecule has 1 heterocycles. The fourth-order valence-electron chi connectivity index (χ4n) is 1.35. The van der Waals surface area contributed by atoms with Gasteiger partial charge in [-0.2, -0.15) is 0 Å². The fourth-order valence-corrected chi connectivity index (χ4v) is 3.29. The molecule has 0 atom stereocenters. The van der Waals surface area contributed by atoms with Crippen molar-refractivity contribution in [1.82, 2.24) is 0 Å². The van der Waals surface area contributed by atoms with Gasteiger partial charge in [0.1, 0.15) is 5.75 Å². The molecule has 0 saturated heterocycles. The molecule has 0 aliphatic rings. The number of alkyl halides is 1. The Morgan fingerprint density at radius 3 is 2.86 bits per heavy atom. The molecule has 0 aliphatic heterocycles. The summed E-state index contributed by atoms with van der Waals surface area (Å²) in [5.41, 5.74) is 1.11. The first-order chi connectivity index (χ1) is 6.74. The third-order valence-electron chi connectivity index (χ3n) is 1.99. The van der Waals surface area contributed by atoms with Crippen LogP contribution < -0.4 is 0 Å². The number of halogens is 1. The van der Waals surface area contributed by atoms with Gasteiger partial charge in [-0.25, -0.2) is 0 Å². The molecule has 0 fully saturated rings. The van der Waals surface area contributed by atoms with Crippen LogP contribution in [-0.2, 0) is 5.33 Å². The maximum Gasteiger partial charge on any atom is 0.133 e. The van der Waals surface area contributed by atoms with Gasteiger partial charge in [0, 0.05) is 5.33 Å². The third-order valence-corrected chi connectivity index (χ3v) is 4.88. The number of benzene rings is 1. The van der Waals surface area contributed by atoms with E-state index in [4.69, 9.17) is 0 Å². The van der Waals surface area contributed by atoms with E-state index < -0.39 is 0 Å². The average molecular weight is 289 g/mol. The Kier molecular flexibility index (Phi) is 3.04. The summed E-state index contributed by atoms with van der Waals surface area (Å²) in [7, 11) is 0.